The standard InChI is InChI=1S/C26H28N2O2/c1-3-4-17-30-22-14-10-13-21(18-22)26(2)27-24-16-9-8-15-23(24)25(29)28(26)19-20-11-6-5-7-12-20/h5-16,18,27H,3-4,17,19H2,1-2H3. The van der Waals surface area contributed by atoms with Crippen LogP contribution in [0.4, 0.5) is 5.69 Å². The maximum absolute atomic E-state index is 13.6. The van der Waals surface area contributed by atoms with Gasteiger partial charge in [-0.25, -0.2) is 0 Å². The molecule has 4 nitrogen and oxygen atoms in total. The third kappa shape index (κ3) is 3.90. The summed E-state index contributed by atoms with van der Waals surface area (Å²) in [5, 5.41) is 3.63. The molecule has 0 aromatic heterocycles. The predicted octanol–water partition coefficient (Wildman–Crippen LogP) is 5.81. The first kappa shape index (κ1) is 20.0. The molecule has 1 atom stereocenters. The van der Waals surface area contributed by atoms with Gasteiger partial charge in [-0.2, -0.15) is 0 Å². The largest absolute Gasteiger partial charge is 0.494 e. The van der Waals surface area contributed by atoms with Crippen LogP contribution in [0.1, 0.15) is 48.2 Å². The molecule has 3 aromatic rings. The highest BCUT2D eigenvalue weighted by Crippen LogP contribution is 2.39. The Balaban J connectivity index is 1.74. The number of anilines is 1. The first-order valence-electron chi connectivity index (χ1n) is 10.6. The summed E-state index contributed by atoms with van der Waals surface area (Å²) in [6.45, 7) is 5.42. The van der Waals surface area contributed by atoms with Crippen LogP contribution < -0.4 is 10.1 Å². The maximum atomic E-state index is 13.6. The third-order valence-electron chi connectivity index (χ3n) is 5.67. The molecule has 1 unspecified atom stereocenters. The number of nitrogens with zero attached hydrogens (tertiary/aromatic N) is 1. The van der Waals surface area contributed by atoms with Crippen molar-refractivity contribution >= 4 is 11.6 Å². The van der Waals surface area contributed by atoms with E-state index in [0.717, 1.165) is 35.4 Å². The number of hydrogen-bond donors (Lipinski definition) is 1. The van der Waals surface area contributed by atoms with Crippen molar-refractivity contribution in [2.45, 2.75) is 38.9 Å². The summed E-state index contributed by atoms with van der Waals surface area (Å²) < 4.78 is 5.94. The molecule has 154 valence electrons. The molecule has 0 saturated heterocycles. The van der Waals surface area contributed by atoms with Crippen molar-refractivity contribution in [1.82, 2.24) is 4.90 Å². The van der Waals surface area contributed by atoms with E-state index in [2.05, 4.69) is 37.4 Å². The molecule has 30 heavy (non-hydrogen) atoms. The molecule has 1 amide bonds. The topological polar surface area (TPSA) is 41.6 Å². The number of para-hydroxylation sites is 1. The summed E-state index contributed by atoms with van der Waals surface area (Å²) in [5.74, 6) is 0.850. The number of amides is 1. The molecule has 0 saturated carbocycles. The average molecular weight is 401 g/mol. The van der Waals surface area contributed by atoms with E-state index >= 15 is 0 Å². The Morgan fingerprint density at radius 2 is 1.73 bits per heavy atom. The number of ether oxygens (including phenoxy) is 1. The van der Waals surface area contributed by atoms with Gasteiger partial charge in [-0.1, -0.05) is 67.9 Å². The van der Waals surface area contributed by atoms with Crippen molar-refractivity contribution in [2.75, 3.05) is 11.9 Å². The van der Waals surface area contributed by atoms with Gasteiger partial charge in [0.2, 0.25) is 0 Å². The fraction of sp³-hybridized carbons (Fsp3) is 0.269. The smallest absolute Gasteiger partial charge is 0.258 e. The molecule has 1 aliphatic rings. The highest BCUT2D eigenvalue weighted by Gasteiger charge is 2.42. The Labute approximate surface area is 178 Å². The first-order valence-corrected chi connectivity index (χ1v) is 10.6. The highest BCUT2D eigenvalue weighted by atomic mass is 16.5. The molecule has 1 N–H and O–H groups in total. The van der Waals surface area contributed by atoms with Crippen molar-refractivity contribution in [3.63, 3.8) is 0 Å². The molecule has 4 rings (SSSR count). The van der Waals surface area contributed by atoms with E-state index in [9.17, 15) is 4.79 Å². The fourth-order valence-corrected chi connectivity index (χ4v) is 3.90. The zero-order valence-corrected chi connectivity index (χ0v) is 17.6. The van der Waals surface area contributed by atoms with Crippen molar-refractivity contribution in [3.8, 4) is 5.75 Å². The minimum Gasteiger partial charge on any atom is -0.494 e. The molecular formula is C26H28N2O2. The van der Waals surface area contributed by atoms with Crippen LogP contribution in [0.3, 0.4) is 0 Å². The summed E-state index contributed by atoms with van der Waals surface area (Å²) >= 11 is 0. The van der Waals surface area contributed by atoms with Crippen molar-refractivity contribution in [2.24, 2.45) is 0 Å². The lowest BCUT2D eigenvalue weighted by Crippen LogP contribution is -2.55. The van der Waals surface area contributed by atoms with Gasteiger partial charge in [0.25, 0.3) is 5.91 Å². The number of carbonyl (C=O) groups is 1. The van der Waals surface area contributed by atoms with E-state index in [1.165, 1.54) is 0 Å². The Morgan fingerprint density at radius 1 is 0.967 bits per heavy atom. The van der Waals surface area contributed by atoms with Crippen molar-refractivity contribution < 1.29 is 9.53 Å². The van der Waals surface area contributed by atoms with Crippen LogP contribution in [0, 0.1) is 0 Å². The van der Waals surface area contributed by atoms with Crippen molar-refractivity contribution in [3.05, 3.63) is 95.6 Å². The zero-order valence-electron chi connectivity index (χ0n) is 17.6. The molecule has 0 fully saturated rings. The van der Waals surface area contributed by atoms with E-state index < -0.39 is 5.66 Å². The molecule has 0 radical (unpaired) electrons. The van der Waals surface area contributed by atoms with E-state index in [1.54, 1.807) is 0 Å². The van der Waals surface area contributed by atoms with Crippen LogP contribution in [-0.4, -0.2) is 17.4 Å². The van der Waals surface area contributed by atoms with E-state index in [1.807, 2.05) is 65.6 Å². The Bertz CT molecular complexity index is 1020. The second-order valence-corrected chi connectivity index (χ2v) is 7.85. The summed E-state index contributed by atoms with van der Waals surface area (Å²) in [7, 11) is 0. The van der Waals surface area contributed by atoms with E-state index in [-0.39, 0.29) is 5.91 Å². The number of unbranched alkanes of at least 4 members (excludes halogenated alkanes) is 1. The van der Waals surface area contributed by atoms with Gasteiger partial charge in [-0.15, -0.1) is 0 Å². The van der Waals surface area contributed by atoms with Crippen LogP contribution in [0.25, 0.3) is 0 Å². The molecule has 0 spiro atoms. The number of benzene rings is 3. The fourth-order valence-electron chi connectivity index (χ4n) is 3.90. The second-order valence-electron chi connectivity index (χ2n) is 7.85. The van der Waals surface area contributed by atoms with Crippen LogP contribution in [0.5, 0.6) is 5.75 Å². The lowest BCUT2D eigenvalue weighted by Gasteiger charge is -2.47. The maximum Gasteiger partial charge on any atom is 0.258 e. The molecule has 4 heteroatoms. The highest BCUT2D eigenvalue weighted by molar-refractivity contribution is 6.02. The lowest BCUT2D eigenvalue weighted by molar-refractivity contribution is 0.0508. The van der Waals surface area contributed by atoms with Gasteiger partial charge in [0.05, 0.1) is 12.2 Å². The average Bonchev–Trinajstić information content (AvgIpc) is 2.78. The van der Waals surface area contributed by atoms with Gasteiger partial charge in [0.15, 0.2) is 0 Å². The monoisotopic (exact) mass is 400 g/mol. The van der Waals surface area contributed by atoms with Crippen LogP contribution >= 0.6 is 0 Å². The summed E-state index contributed by atoms with van der Waals surface area (Å²) in [5.41, 5.74) is 2.93. The number of rotatable bonds is 7. The summed E-state index contributed by atoms with van der Waals surface area (Å²) in [6.07, 6.45) is 2.11. The van der Waals surface area contributed by atoms with Crippen LogP contribution in [0.2, 0.25) is 0 Å². The van der Waals surface area contributed by atoms with Gasteiger partial charge in [0, 0.05) is 17.8 Å². The number of carbonyl (C=O) groups excluding carboxylic acids is 1. The minimum atomic E-state index is -0.703. The normalized spacial score (nSPS) is 17.9. The number of fused-ring (bicyclic) bond motifs is 1. The molecule has 0 aliphatic carbocycles. The summed E-state index contributed by atoms with van der Waals surface area (Å²) in [6, 6.07) is 25.9. The van der Waals surface area contributed by atoms with Gasteiger partial charge in [-0.3, -0.25) is 4.79 Å². The van der Waals surface area contributed by atoms with Gasteiger partial charge < -0.3 is 15.0 Å². The van der Waals surface area contributed by atoms with Gasteiger partial charge >= 0.3 is 0 Å². The van der Waals surface area contributed by atoms with Crippen LogP contribution in [0.15, 0.2) is 78.9 Å². The Morgan fingerprint density at radius 3 is 2.53 bits per heavy atom. The molecule has 1 heterocycles. The Kier molecular flexibility index (Phi) is 5.75. The molecule has 0 bridgehead atoms. The number of nitrogens with one attached hydrogen (secondary N) is 1. The van der Waals surface area contributed by atoms with Gasteiger partial charge in [-0.05, 0) is 43.2 Å². The molecule has 3 aromatic carbocycles. The first-order chi connectivity index (χ1) is 14.6. The third-order valence-corrected chi connectivity index (χ3v) is 5.67. The summed E-state index contributed by atoms with van der Waals surface area (Å²) in [4.78, 5) is 15.5. The van der Waals surface area contributed by atoms with Crippen molar-refractivity contribution in [1.29, 1.82) is 0 Å². The second kappa shape index (κ2) is 8.62. The quantitative estimate of drug-likeness (QED) is 0.509. The Hall–Kier alpha value is -3.27. The van der Waals surface area contributed by atoms with Crippen LogP contribution in [-0.2, 0) is 12.2 Å². The van der Waals surface area contributed by atoms with E-state index in [0.29, 0.717) is 18.7 Å². The molecule has 1 aliphatic heterocycles. The lowest BCUT2D eigenvalue weighted by atomic mass is 9.92. The predicted molar refractivity (Wildman–Crippen MR) is 121 cm³/mol. The zero-order chi connectivity index (χ0) is 21.0. The molecular weight excluding hydrogens is 372 g/mol. The SMILES string of the molecule is CCCCOc1cccc(C2(C)Nc3ccccc3C(=O)N2Cc2ccccc2)c1. The van der Waals surface area contributed by atoms with E-state index in [4.69, 9.17) is 4.74 Å². The van der Waals surface area contributed by atoms with Gasteiger partial charge in [0.1, 0.15) is 11.4 Å². The number of hydrogen-bond acceptors (Lipinski definition) is 3. The minimum absolute atomic E-state index is 0.0213.